The highest BCUT2D eigenvalue weighted by Crippen LogP contribution is 2.59. The lowest BCUT2D eigenvalue weighted by Gasteiger charge is -2.34. The van der Waals surface area contributed by atoms with Crippen LogP contribution in [0.25, 0.3) is 32.7 Å². The van der Waals surface area contributed by atoms with Crippen LogP contribution in [-0.4, -0.2) is 11.9 Å². The summed E-state index contributed by atoms with van der Waals surface area (Å²) < 4.78 is 10.8. The molecule has 43 heavy (non-hydrogen) atoms. The first-order chi connectivity index (χ1) is 21.0. The van der Waals surface area contributed by atoms with E-state index in [-0.39, 0.29) is 0 Å². The number of hydrogen-bond acceptors (Lipinski definition) is 4. The molecule has 1 aliphatic carbocycles. The molecule has 0 atom stereocenters. The van der Waals surface area contributed by atoms with Crippen LogP contribution in [0.2, 0.25) is 0 Å². The van der Waals surface area contributed by atoms with E-state index in [0.29, 0.717) is 11.5 Å². The van der Waals surface area contributed by atoms with Gasteiger partial charge in [-0.3, -0.25) is 0 Å². The highest BCUT2D eigenvalue weighted by Gasteiger charge is 2.47. The van der Waals surface area contributed by atoms with Gasteiger partial charge >= 0.3 is 11.9 Å². The SMILES string of the molecule is C=CC(=O)Oc1ccc(C2(c3ccc(OC(=O)C=C)cc3)c3ccc4ccccc4c3-c3c2ccc2ccccc32)cc1. The standard InChI is InChI=1S/C39H26O4/c1-3-35(40)42-29-19-15-27(16-20-29)39(28-17-21-30(22-18-28)43-36(41)4-2)33-23-13-25-9-5-7-11-31(25)37(33)38-32-12-8-6-10-26(32)14-24-34(38)39/h3-24H,1-2H2. The van der Waals surface area contributed by atoms with Crippen LogP contribution in [0, 0.1) is 0 Å². The monoisotopic (exact) mass is 558 g/mol. The molecule has 0 spiro atoms. The van der Waals surface area contributed by atoms with E-state index in [1.807, 2.05) is 48.5 Å². The summed E-state index contributed by atoms with van der Waals surface area (Å²) in [5.41, 5.74) is 5.96. The van der Waals surface area contributed by atoms with Gasteiger partial charge in [-0.1, -0.05) is 110 Å². The second-order valence-corrected chi connectivity index (χ2v) is 10.5. The van der Waals surface area contributed by atoms with Crippen molar-refractivity contribution >= 4 is 33.5 Å². The van der Waals surface area contributed by atoms with Gasteiger partial charge in [0, 0.05) is 12.2 Å². The lowest BCUT2D eigenvalue weighted by atomic mass is 9.67. The van der Waals surface area contributed by atoms with Crippen LogP contribution in [0.4, 0.5) is 0 Å². The molecule has 7 rings (SSSR count). The molecule has 0 aromatic heterocycles. The third-order valence-electron chi connectivity index (χ3n) is 8.26. The zero-order valence-electron chi connectivity index (χ0n) is 23.2. The van der Waals surface area contributed by atoms with Crippen molar-refractivity contribution < 1.29 is 19.1 Å². The molecular weight excluding hydrogens is 532 g/mol. The van der Waals surface area contributed by atoms with Gasteiger partial charge in [-0.05, 0) is 79.2 Å². The minimum Gasteiger partial charge on any atom is -0.423 e. The van der Waals surface area contributed by atoms with Gasteiger partial charge < -0.3 is 9.47 Å². The maximum Gasteiger partial charge on any atom is 0.335 e. The van der Waals surface area contributed by atoms with Gasteiger partial charge in [0.05, 0.1) is 5.41 Å². The molecule has 6 aromatic rings. The van der Waals surface area contributed by atoms with Gasteiger partial charge in [0.2, 0.25) is 0 Å². The Labute approximate surface area is 249 Å². The number of esters is 2. The molecule has 4 nitrogen and oxygen atoms in total. The summed E-state index contributed by atoms with van der Waals surface area (Å²) in [5.74, 6) is -0.153. The number of carbonyl (C=O) groups excluding carboxylic acids is 2. The first-order valence-electron chi connectivity index (χ1n) is 14.0. The Kier molecular flexibility index (Phi) is 6.25. The van der Waals surface area contributed by atoms with E-state index in [1.165, 1.54) is 21.9 Å². The van der Waals surface area contributed by atoms with E-state index in [1.54, 1.807) is 0 Å². The van der Waals surface area contributed by atoms with Crippen molar-refractivity contribution in [1.82, 2.24) is 0 Å². The number of benzene rings is 6. The minimum absolute atomic E-state index is 0.436. The summed E-state index contributed by atoms with van der Waals surface area (Å²) in [4.78, 5) is 23.9. The molecule has 206 valence electrons. The second-order valence-electron chi connectivity index (χ2n) is 10.5. The number of fused-ring (bicyclic) bond motifs is 7. The molecule has 0 unspecified atom stereocenters. The van der Waals surface area contributed by atoms with Crippen LogP contribution >= 0.6 is 0 Å². The van der Waals surface area contributed by atoms with Crippen molar-refractivity contribution in [2.75, 3.05) is 0 Å². The molecule has 0 N–H and O–H groups in total. The highest BCUT2D eigenvalue weighted by atomic mass is 16.5. The van der Waals surface area contributed by atoms with Crippen molar-refractivity contribution in [1.29, 1.82) is 0 Å². The molecule has 0 heterocycles. The maximum atomic E-state index is 11.9. The Morgan fingerprint density at radius 3 is 1.30 bits per heavy atom. The average molecular weight is 559 g/mol. The van der Waals surface area contributed by atoms with Crippen LogP contribution in [-0.2, 0) is 15.0 Å². The fourth-order valence-electron chi connectivity index (χ4n) is 6.50. The molecule has 6 aromatic carbocycles. The molecule has 4 heteroatoms. The van der Waals surface area contributed by atoms with Gasteiger partial charge in [0.25, 0.3) is 0 Å². The van der Waals surface area contributed by atoms with Gasteiger partial charge in [0.1, 0.15) is 11.5 Å². The molecule has 0 amide bonds. The van der Waals surface area contributed by atoms with Gasteiger partial charge in [-0.25, -0.2) is 9.59 Å². The van der Waals surface area contributed by atoms with Crippen LogP contribution in [0.5, 0.6) is 11.5 Å². The normalized spacial score (nSPS) is 12.7. The molecular formula is C39H26O4. The number of carbonyl (C=O) groups is 2. The van der Waals surface area contributed by atoms with Crippen molar-refractivity contribution in [2.24, 2.45) is 0 Å². The largest absolute Gasteiger partial charge is 0.423 e. The summed E-state index contributed by atoms with van der Waals surface area (Å²) in [5, 5.41) is 4.67. The third-order valence-corrected chi connectivity index (χ3v) is 8.26. The van der Waals surface area contributed by atoms with E-state index >= 15 is 0 Å². The summed E-state index contributed by atoms with van der Waals surface area (Å²) >= 11 is 0. The first-order valence-corrected chi connectivity index (χ1v) is 14.0. The van der Waals surface area contributed by atoms with Crippen molar-refractivity contribution in [3.05, 3.63) is 169 Å². The molecule has 0 aliphatic heterocycles. The van der Waals surface area contributed by atoms with Crippen molar-refractivity contribution in [3.63, 3.8) is 0 Å². The lowest BCUT2D eigenvalue weighted by molar-refractivity contribution is -0.129. The Bertz CT molecular complexity index is 1930. The molecule has 0 radical (unpaired) electrons. The summed E-state index contributed by atoms with van der Waals surface area (Å²) in [6.45, 7) is 7.01. The predicted molar refractivity (Wildman–Crippen MR) is 170 cm³/mol. The highest BCUT2D eigenvalue weighted by molar-refractivity contribution is 6.12. The van der Waals surface area contributed by atoms with Crippen LogP contribution in [0.1, 0.15) is 22.3 Å². The Balaban J connectivity index is 1.57. The van der Waals surface area contributed by atoms with Gasteiger partial charge in [0.15, 0.2) is 0 Å². The van der Waals surface area contributed by atoms with Crippen molar-refractivity contribution in [3.8, 4) is 22.6 Å². The van der Waals surface area contributed by atoms with Crippen LogP contribution in [0.3, 0.4) is 0 Å². The Hall–Kier alpha value is -5.74. The molecule has 0 fully saturated rings. The molecule has 0 saturated heterocycles. The Morgan fingerprint density at radius 2 is 0.907 bits per heavy atom. The predicted octanol–water partition coefficient (Wildman–Crippen LogP) is 8.54. The van der Waals surface area contributed by atoms with Crippen LogP contribution < -0.4 is 9.47 Å². The summed E-state index contributed by atoms with van der Waals surface area (Å²) in [7, 11) is 0. The topological polar surface area (TPSA) is 52.6 Å². The zero-order chi connectivity index (χ0) is 29.6. The first kappa shape index (κ1) is 26.2. The number of ether oxygens (including phenoxy) is 2. The fourth-order valence-corrected chi connectivity index (χ4v) is 6.50. The Morgan fingerprint density at radius 1 is 0.512 bits per heavy atom. The molecule has 0 saturated carbocycles. The maximum absolute atomic E-state index is 11.9. The van der Waals surface area contributed by atoms with Gasteiger partial charge in [-0.2, -0.15) is 0 Å². The van der Waals surface area contributed by atoms with Crippen LogP contribution in [0.15, 0.2) is 147 Å². The van der Waals surface area contributed by atoms with E-state index in [9.17, 15) is 9.59 Å². The quantitative estimate of drug-likeness (QED) is 0.117. The zero-order valence-corrected chi connectivity index (χ0v) is 23.2. The van der Waals surface area contributed by atoms with E-state index < -0.39 is 17.4 Å². The minimum atomic E-state index is -0.722. The smallest absolute Gasteiger partial charge is 0.335 e. The lowest BCUT2D eigenvalue weighted by Crippen LogP contribution is -2.28. The second kappa shape index (κ2) is 10.3. The third kappa shape index (κ3) is 4.07. The number of hydrogen-bond donors (Lipinski definition) is 0. The van der Waals surface area contributed by atoms with E-state index in [4.69, 9.17) is 9.47 Å². The molecule has 0 bridgehead atoms. The van der Waals surface area contributed by atoms with E-state index in [2.05, 4.69) is 86.0 Å². The molecule has 1 aliphatic rings. The summed E-state index contributed by atoms with van der Waals surface area (Å²) in [6, 6.07) is 41.1. The van der Waals surface area contributed by atoms with E-state index in [0.717, 1.165) is 45.2 Å². The van der Waals surface area contributed by atoms with Crippen molar-refractivity contribution in [2.45, 2.75) is 5.41 Å². The number of rotatable bonds is 6. The average Bonchev–Trinajstić information content (AvgIpc) is 3.37. The summed E-state index contributed by atoms with van der Waals surface area (Å²) in [6.07, 6.45) is 2.30. The fraction of sp³-hybridized carbons (Fsp3) is 0.0256. The van der Waals surface area contributed by atoms with Gasteiger partial charge in [-0.15, -0.1) is 0 Å².